The highest BCUT2D eigenvalue weighted by atomic mass is 19.4. The van der Waals surface area contributed by atoms with Crippen LogP contribution in [0.3, 0.4) is 0 Å². The van der Waals surface area contributed by atoms with Gasteiger partial charge in [-0.15, -0.1) is 0 Å². The number of nitrogens with one attached hydrogen (secondary N) is 1. The van der Waals surface area contributed by atoms with Crippen LogP contribution in [0.5, 0.6) is 0 Å². The summed E-state index contributed by atoms with van der Waals surface area (Å²) in [5.41, 5.74) is -2.60. The van der Waals surface area contributed by atoms with Crippen molar-refractivity contribution >= 4 is 17.3 Å². The predicted molar refractivity (Wildman–Crippen MR) is 115 cm³/mol. The number of fused-ring (bicyclic) bond motifs is 2. The second kappa shape index (κ2) is 8.60. The summed E-state index contributed by atoms with van der Waals surface area (Å²) in [6.45, 7) is 2.71. The molecule has 2 N–H and O–H groups in total. The van der Waals surface area contributed by atoms with Crippen molar-refractivity contribution in [2.45, 2.75) is 37.2 Å². The van der Waals surface area contributed by atoms with Crippen molar-refractivity contribution in [3.63, 3.8) is 0 Å². The first kappa shape index (κ1) is 23.5. The number of anilines is 2. The van der Waals surface area contributed by atoms with E-state index in [4.69, 9.17) is 10.5 Å². The van der Waals surface area contributed by atoms with E-state index >= 15 is 0 Å². The van der Waals surface area contributed by atoms with Gasteiger partial charge in [0.25, 0.3) is 5.91 Å². The van der Waals surface area contributed by atoms with Crippen molar-refractivity contribution in [1.29, 1.82) is 10.5 Å². The molecule has 0 saturated carbocycles. The van der Waals surface area contributed by atoms with E-state index < -0.39 is 28.9 Å². The Hall–Kier alpha value is -3.67. The van der Waals surface area contributed by atoms with Crippen LogP contribution in [0.15, 0.2) is 36.5 Å². The van der Waals surface area contributed by atoms with Crippen molar-refractivity contribution < 1.29 is 23.1 Å². The molecule has 176 valence electrons. The van der Waals surface area contributed by atoms with Gasteiger partial charge in [0.2, 0.25) is 0 Å². The van der Waals surface area contributed by atoms with E-state index in [1.165, 1.54) is 13.0 Å². The highest BCUT2D eigenvalue weighted by molar-refractivity contribution is 5.97. The van der Waals surface area contributed by atoms with Crippen molar-refractivity contribution in [3.05, 3.63) is 53.3 Å². The number of piperidine rings is 1. The molecule has 8 nitrogen and oxygen atoms in total. The zero-order valence-electron chi connectivity index (χ0n) is 18.2. The van der Waals surface area contributed by atoms with Crippen molar-refractivity contribution in [2.75, 3.05) is 29.9 Å². The first-order chi connectivity index (χ1) is 16.0. The predicted octanol–water partition coefficient (Wildman–Crippen LogP) is 2.50. The summed E-state index contributed by atoms with van der Waals surface area (Å²) >= 11 is 0. The van der Waals surface area contributed by atoms with E-state index in [1.807, 2.05) is 17.0 Å². The molecule has 3 atom stereocenters. The standard InChI is InChI=1S/C23H21F3N6O2/c1-22(34,21(33)30-15-6-19(23(24,25)26)20(9-28)29-10-15)13-32-17-7-18(32)12-31(11-17)16-4-2-14(8-27)3-5-16/h2-6,10,17-18,34H,7,11-13H2,1H3,(H,30,33)/t17?,18?,22-/m0/s1. The quantitative estimate of drug-likeness (QED) is 0.690. The summed E-state index contributed by atoms with van der Waals surface area (Å²) in [6, 6.07) is 11.6. The highest BCUT2D eigenvalue weighted by Crippen LogP contribution is 2.36. The molecule has 5 rings (SSSR count). The van der Waals surface area contributed by atoms with E-state index in [-0.39, 0.29) is 24.3 Å². The molecule has 2 bridgehead atoms. The van der Waals surface area contributed by atoms with E-state index in [0.717, 1.165) is 18.3 Å². The molecule has 3 aliphatic heterocycles. The summed E-state index contributed by atoms with van der Waals surface area (Å²) in [4.78, 5) is 20.4. The molecule has 1 aromatic carbocycles. The number of benzene rings is 1. The molecule has 34 heavy (non-hydrogen) atoms. The summed E-state index contributed by atoms with van der Waals surface area (Å²) in [5.74, 6) is -0.860. The van der Waals surface area contributed by atoms with Crippen LogP contribution in [0, 0.1) is 22.7 Å². The Kier molecular flexibility index (Phi) is 5.94. The molecular formula is C23H21F3N6O2. The number of rotatable bonds is 5. The number of amides is 1. The molecule has 0 aliphatic carbocycles. The van der Waals surface area contributed by atoms with Crippen LogP contribution >= 0.6 is 0 Å². The third-order valence-corrected chi connectivity index (χ3v) is 6.24. The van der Waals surface area contributed by atoms with Crippen LogP contribution in [-0.4, -0.2) is 58.2 Å². The lowest BCUT2D eigenvalue weighted by Gasteiger charge is -2.58. The van der Waals surface area contributed by atoms with Crippen LogP contribution in [0.4, 0.5) is 24.5 Å². The maximum absolute atomic E-state index is 13.2. The average Bonchev–Trinajstić information content (AvgIpc) is 2.82. The molecule has 1 amide bonds. The number of aromatic nitrogens is 1. The second-order valence-electron chi connectivity index (χ2n) is 8.74. The van der Waals surface area contributed by atoms with Crippen LogP contribution in [0.1, 0.15) is 30.2 Å². The molecule has 2 aromatic rings. The first-order valence-corrected chi connectivity index (χ1v) is 10.5. The molecule has 2 unspecified atom stereocenters. The van der Waals surface area contributed by atoms with Gasteiger partial charge in [-0.3, -0.25) is 9.69 Å². The number of carbonyl (C=O) groups excluding carboxylic acids is 1. The second-order valence-corrected chi connectivity index (χ2v) is 8.74. The largest absolute Gasteiger partial charge is 0.419 e. The number of halogens is 3. The Bertz CT molecular complexity index is 1170. The minimum Gasteiger partial charge on any atom is -0.379 e. The molecule has 11 heteroatoms. The molecule has 3 aliphatic rings. The summed E-state index contributed by atoms with van der Waals surface area (Å²) < 4.78 is 39.5. The SMILES string of the molecule is C[C@](O)(CN1C2CC1CN(c1ccc(C#N)cc1)C2)C(=O)Nc1cnc(C#N)c(C(F)(F)F)c1. The summed E-state index contributed by atoms with van der Waals surface area (Å²) in [6.07, 6.45) is -2.94. The molecule has 0 spiro atoms. The zero-order chi connectivity index (χ0) is 24.7. The van der Waals surface area contributed by atoms with Gasteiger partial charge in [-0.05, 0) is 43.7 Å². The zero-order valence-corrected chi connectivity index (χ0v) is 18.2. The van der Waals surface area contributed by atoms with Gasteiger partial charge in [0.15, 0.2) is 11.3 Å². The average molecular weight is 470 g/mol. The number of alkyl halides is 3. The number of nitriles is 2. The third kappa shape index (κ3) is 4.53. The maximum Gasteiger partial charge on any atom is 0.419 e. The number of aliphatic hydroxyl groups is 1. The lowest BCUT2D eigenvalue weighted by Crippen LogP contribution is -2.71. The van der Waals surface area contributed by atoms with Gasteiger partial charge in [-0.25, -0.2) is 4.98 Å². The molecule has 4 heterocycles. The number of nitrogens with zero attached hydrogens (tertiary/aromatic N) is 5. The van der Waals surface area contributed by atoms with Gasteiger partial charge in [0, 0.05) is 37.4 Å². The van der Waals surface area contributed by atoms with Gasteiger partial charge in [0.1, 0.15) is 6.07 Å². The Morgan fingerprint density at radius 1 is 1.21 bits per heavy atom. The molecule has 3 saturated heterocycles. The van der Waals surface area contributed by atoms with E-state index in [9.17, 15) is 23.1 Å². The minimum absolute atomic E-state index is 0.0191. The van der Waals surface area contributed by atoms with Crippen molar-refractivity contribution in [3.8, 4) is 12.1 Å². The third-order valence-electron chi connectivity index (χ3n) is 6.24. The number of hydrogen-bond donors (Lipinski definition) is 2. The van der Waals surface area contributed by atoms with Gasteiger partial charge < -0.3 is 15.3 Å². The molecule has 1 aromatic heterocycles. The normalized spacial score (nSPS) is 21.6. The summed E-state index contributed by atoms with van der Waals surface area (Å²) in [5, 5.41) is 30.9. The fraction of sp³-hybridized carbons (Fsp3) is 0.391. The van der Waals surface area contributed by atoms with E-state index in [2.05, 4.69) is 21.3 Å². The highest BCUT2D eigenvalue weighted by Gasteiger charge is 2.48. The van der Waals surface area contributed by atoms with Gasteiger partial charge >= 0.3 is 6.18 Å². The van der Waals surface area contributed by atoms with Crippen LogP contribution in [-0.2, 0) is 11.0 Å². The van der Waals surface area contributed by atoms with Crippen LogP contribution in [0.2, 0.25) is 0 Å². The van der Waals surface area contributed by atoms with Crippen molar-refractivity contribution in [1.82, 2.24) is 9.88 Å². The summed E-state index contributed by atoms with van der Waals surface area (Å²) in [7, 11) is 0. The lowest BCUT2D eigenvalue weighted by molar-refractivity contribution is -0.140. The van der Waals surface area contributed by atoms with Crippen LogP contribution < -0.4 is 10.2 Å². The Labute approximate surface area is 193 Å². The number of piperazine rings is 1. The maximum atomic E-state index is 13.2. The van der Waals surface area contributed by atoms with Gasteiger partial charge in [0.05, 0.1) is 29.1 Å². The van der Waals surface area contributed by atoms with Crippen LogP contribution in [0.25, 0.3) is 0 Å². The fourth-order valence-electron chi connectivity index (χ4n) is 4.43. The Morgan fingerprint density at radius 3 is 2.41 bits per heavy atom. The fourth-order valence-corrected chi connectivity index (χ4v) is 4.43. The van der Waals surface area contributed by atoms with E-state index in [0.29, 0.717) is 24.7 Å². The van der Waals surface area contributed by atoms with E-state index in [1.54, 1.807) is 12.1 Å². The van der Waals surface area contributed by atoms with Crippen molar-refractivity contribution in [2.24, 2.45) is 0 Å². The topological polar surface area (TPSA) is 116 Å². The number of hydrogen-bond acceptors (Lipinski definition) is 7. The molecular weight excluding hydrogens is 449 g/mol. The van der Waals surface area contributed by atoms with Gasteiger partial charge in [-0.2, -0.15) is 23.7 Å². The smallest absolute Gasteiger partial charge is 0.379 e. The molecule has 0 radical (unpaired) electrons. The number of pyridine rings is 1. The Morgan fingerprint density at radius 2 is 1.85 bits per heavy atom. The number of carbonyl (C=O) groups is 1. The Balaban J connectivity index is 1.40. The monoisotopic (exact) mass is 470 g/mol. The van der Waals surface area contributed by atoms with Gasteiger partial charge in [-0.1, -0.05) is 0 Å². The minimum atomic E-state index is -4.81. The lowest BCUT2D eigenvalue weighted by atomic mass is 9.85. The molecule has 3 fully saturated rings. The first-order valence-electron chi connectivity index (χ1n) is 10.5.